The van der Waals surface area contributed by atoms with Crippen molar-refractivity contribution in [1.29, 1.82) is 0 Å². The lowest BCUT2D eigenvalue weighted by molar-refractivity contribution is 0.266. The molecule has 38 heavy (non-hydrogen) atoms. The molecule has 1 aliphatic heterocycles. The number of nitrogens with zero attached hydrogens (tertiary/aromatic N) is 7. The first-order valence-corrected chi connectivity index (χ1v) is 13.6. The van der Waals surface area contributed by atoms with E-state index in [1.165, 1.54) is 12.8 Å². The van der Waals surface area contributed by atoms with E-state index in [1.807, 2.05) is 23.8 Å². The molecule has 0 radical (unpaired) electrons. The number of hydrogen-bond acceptors (Lipinski definition) is 8. The van der Waals surface area contributed by atoms with Crippen molar-refractivity contribution in [3.63, 3.8) is 0 Å². The van der Waals surface area contributed by atoms with Gasteiger partial charge in [0.1, 0.15) is 17.9 Å². The van der Waals surface area contributed by atoms with Crippen molar-refractivity contribution in [2.45, 2.75) is 71.4 Å². The van der Waals surface area contributed by atoms with E-state index >= 15 is 0 Å². The second-order valence-corrected chi connectivity index (χ2v) is 10.6. The first-order valence-electron chi connectivity index (χ1n) is 13.6. The molecule has 6 rings (SSSR count). The van der Waals surface area contributed by atoms with Gasteiger partial charge in [-0.1, -0.05) is 12.8 Å². The van der Waals surface area contributed by atoms with E-state index in [2.05, 4.69) is 39.8 Å². The predicted molar refractivity (Wildman–Crippen MR) is 148 cm³/mol. The number of aromatic nitrogens is 6. The first kappa shape index (κ1) is 24.7. The zero-order valence-electron chi connectivity index (χ0n) is 22.6. The lowest BCUT2D eigenvalue weighted by Crippen LogP contribution is -2.33. The average Bonchev–Trinajstić information content (AvgIpc) is 3.72. The molecule has 10 heteroatoms. The number of rotatable bonds is 7. The summed E-state index contributed by atoms with van der Waals surface area (Å²) in [7, 11) is 1.69. The second-order valence-electron chi connectivity index (χ2n) is 10.6. The van der Waals surface area contributed by atoms with Crippen LogP contribution in [0.15, 0.2) is 24.7 Å². The van der Waals surface area contributed by atoms with Crippen molar-refractivity contribution in [3.05, 3.63) is 41.5 Å². The van der Waals surface area contributed by atoms with Crippen LogP contribution in [0, 0.1) is 20.8 Å². The van der Waals surface area contributed by atoms with E-state index < -0.39 is 0 Å². The monoisotopic (exact) mass is 516 g/mol. The first-order chi connectivity index (χ1) is 18.5. The van der Waals surface area contributed by atoms with Crippen molar-refractivity contribution < 1.29 is 9.84 Å². The van der Waals surface area contributed by atoms with Gasteiger partial charge in [0.2, 0.25) is 5.95 Å². The zero-order chi connectivity index (χ0) is 26.4. The Balaban J connectivity index is 1.40. The fourth-order valence-electron chi connectivity index (χ4n) is 5.97. The minimum atomic E-state index is 0.0501. The van der Waals surface area contributed by atoms with Crippen LogP contribution >= 0.6 is 0 Å². The van der Waals surface area contributed by atoms with Gasteiger partial charge in [-0.15, -0.1) is 0 Å². The van der Waals surface area contributed by atoms with Crippen molar-refractivity contribution in [3.8, 4) is 11.4 Å². The van der Waals surface area contributed by atoms with Crippen LogP contribution in [0.25, 0.3) is 16.7 Å². The van der Waals surface area contributed by atoms with Crippen LogP contribution in [0.2, 0.25) is 0 Å². The lowest BCUT2D eigenvalue weighted by Gasteiger charge is -2.25. The van der Waals surface area contributed by atoms with Gasteiger partial charge in [0.25, 0.3) is 0 Å². The Morgan fingerprint density at radius 3 is 2.66 bits per heavy atom. The number of hydrogen-bond donors (Lipinski definition) is 2. The molecule has 0 amide bonds. The Kier molecular flexibility index (Phi) is 6.43. The predicted octanol–water partition coefficient (Wildman–Crippen LogP) is 4.77. The van der Waals surface area contributed by atoms with Crippen molar-refractivity contribution in [2.75, 3.05) is 30.5 Å². The highest BCUT2D eigenvalue weighted by molar-refractivity contribution is 5.91. The van der Waals surface area contributed by atoms with Gasteiger partial charge < -0.3 is 24.6 Å². The Labute approximate surface area is 222 Å². The molecule has 0 bridgehead atoms. The summed E-state index contributed by atoms with van der Waals surface area (Å²) in [5.74, 6) is 2.82. The molecule has 4 aromatic rings. The Morgan fingerprint density at radius 2 is 1.89 bits per heavy atom. The van der Waals surface area contributed by atoms with Crippen LogP contribution in [0.1, 0.15) is 61.4 Å². The van der Waals surface area contributed by atoms with Crippen molar-refractivity contribution in [1.82, 2.24) is 29.3 Å². The van der Waals surface area contributed by atoms with Crippen LogP contribution in [0.4, 0.5) is 17.6 Å². The fourth-order valence-corrected chi connectivity index (χ4v) is 5.97. The molecule has 1 atom stereocenters. The Morgan fingerprint density at radius 1 is 1.08 bits per heavy atom. The van der Waals surface area contributed by atoms with Crippen LogP contribution in [0.5, 0.6) is 5.75 Å². The van der Waals surface area contributed by atoms with Gasteiger partial charge in [0.15, 0.2) is 11.5 Å². The van der Waals surface area contributed by atoms with Crippen LogP contribution in [0.3, 0.4) is 0 Å². The SMILES string of the molecule is COc1cc(-n2cnc(Nc3nc(N4CCC[C@H]4CO)c4c(C)nn(C5CCCC5)c4n3)c2)cc(C)c1C. The molecule has 1 aliphatic carbocycles. The lowest BCUT2D eigenvalue weighted by atomic mass is 10.1. The second kappa shape index (κ2) is 9.90. The molecule has 1 saturated carbocycles. The molecule has 2 fully saturated rings. The van der Waals surface area contributed by atoms with Gasteiger partial charge in [-0.3, -0.25) is 0 Å². The Bertz CT molecular complexity index is 1470. The summed E-state index contributed by atoms with van der Waals surface area (Å²) in [4.78, 5) is 16.8. The van der Waals surface area contributed by atoms with Gasteiger partial charge in [-0.25, -0.2) is 9.67 Å². The number of anilines is 3. The third-order valence-electron chi connectivity index (χ3n) is 8.18. The fraction of sp³-hybridized carbons (Fsp3) is 0.500. The standard InChI is InChI=1S/C28H36N8O2/c1-17-12-22(13-23(38-4)18(17)2)34-14-24(29-16-34)30-28-31-26(35-11-7-10-21(35)15-37)25-19(3)33-36(27(25)32-28)20-8-5-6-9-20/h12-14,16,20-21,37H,5-11,15H2,1-4H3,(H,30,31,32)/t21-/m0/s1. The summed E-state index contributed by atoms with van der Waals surface area (Å²) >= 11 is 0. The Hall–Kier alpha value is -3.66. The number of methoxy groups -OCH3 is 1. The molecule has 200 valence electrons. The summed E-state index contributed by atoms with van der Waals surface area (Å²) in [5, 5.41) is 19.3. The van der Waals surface area contributed by atoms with E-state index in [-0.39, 0.29) is 12.6 Å². The molecular formula is C28H36N8O2. The summed E-state index contributed by atoms with van der Waals surface area (Å²) < 4.78 is 9.64. The number of nitrogens with one attached hydrogen (secondary N) is 1. The quantitative estimate of drug-likeness (QED) is 0.362. The van der Waals surface area contributed by atoms with Crippen LogP contribution in [-0.2, 0) is 0 Å². The zero-order valence-corrected chi connectivity index (χ0v) is 22.6. The average molecular weight is 517 g/mol. The van der Waals surface area contributed by atoms with Gasteiger partial charge >= 0.3 is 0 Å². The maximum Gasteiger partial charge on any atom is 0.232 e. The number of aliphatic hydroxyl groups is 1. The number of imidazole rings is 1. The smallest absolute Gasteiger partial charge is 0.232 e. The largest absolute Gasteiger partial charge is 0.496 e. The summed E-state index contributed by atoms with van der Waals surface area (Å²) in [6, 6.07) is 4.54. The highest BCUT2D eigenvalue weighted by atomic mass is 16.5. The highest BCUT2D eigenvalue weighted by Gasteiger charge is 2.31. The van der Waals surface area contributed by atoms with E-state index in [1.54, 1.807) is 13.4 Å². The minimum Gasteiger partial charge on any atom is -0.496 e. The topological polar surface area (TPSA) is 106 Å². The maximum atomic E-state index is 10.1. The molecule has 1 saturated heterocycles. The minimum absolute atomic E-state index is 0.0501. The molecule has 10 nitrogen and oxygen atoms in total. The van der Waals surface area contributed by atoms with Gasteiger partial charge in [0.05, 0.1) is 48.8 Å². The molecule has 0 unspecified atom stereocenters. The molecule has 3 aromatic heterocycles. The van der Waals surface area contributed by atoms with Gasteiger partial charge in [-0.2, -0.15) is 15.1 Å². The van der Waals surface area contributed by atoms with Crippen LogP contribution < -0.4 is 15.0 Å². The highest BCUT2D eigenvalue weighted by Crippen LogP contribution is 2.37. The van der Waals surface area contributed by atoms with Gasteiger partial charge in [0, 0.05) is 12.6 Å². The molecule has 4 heterocycles. The number of fused-ring (bicyclic) bond motifs is 1. The van der Waals surface area contributed by atoms with E-state index in [0.717, 1.165) is 77.3 Å². The van der Waals surface area contributed by atoms with Crippen molar-refractivity contribution in [2.24, 2.45) is 0 Å². The number of aryl methyl sites for hydroxylation is 2. The van der Waals surface area contributed by atoms with E-state index in [9.17, 15) is 5.11 Å². The molecule has 1 aromatic carbocycles. The molecule has 2 aliphatic rings. The molecule has 2 N–H and O–H groups in total. The third kappa shape index (κ3) is 4.26. The summed E-state index contributed by atoms with van der Waals surface area (Å²) in [6.45, 7) is 7.14. The summed E-state index contributed by atoms with van der Waals surface area (Å²) in [5.41, 5.74) is 5.04. The molecule has 0 spiro atoms. The maximum absolute atomic E-state index is 10.1. The number of benzene rings is 1. The van der Waals surface area contributed by atoms with Crippen LogP contribution in [-0.4, -0.2) is 60.7 Å². The van der Waals surface area contributed by atoms with Gasteiger partial charge in [-0.05, 0) is 63.6 Å². The van der Waals surface area contributed by atoms with E-state index in [4.69, 9.17) is 19.8 Å². The third-order valence-corrected chi connectivity index (χ3v) is 8.18. The number of ether oxygens (including phenoxy) is 1. The normalized spacial score (nSPS) is 18.1. The molecular weight excluding hydrogens is 480 g/mol. The van der Waals surface area contributed by atoms with E-state index in [0.29, 0.717) is 17.8 Å². The number of aliphatic hydroxyl groups excluding tert-OH is 1. The van der Waals surface area contributed by atoms with Crippen molar-refractivity contribution >= 4 is 28.6 Å². The summed E-state index contributed by atoms with van der Waals surface area (Å²) in [6.07, 6.45) is 10.4.